The van der Waals surface area contributed by atoms with Gasteiger partial charge in [-0.05, 0) is 24.1 Å². The number of ketones is 1. The molecule has 16 heavy (non-hydrogen) atoms. The van der Waals surface area contributed by atoms with Gasteiger partial charge in [0.1, 0.15) is 0 Å². The van der Waals surface area contributed by atoms with E-state index in [2.05, 4.69) is 13.0 Å². The van der Waals surface area contributed by atoms with Crippen LogP contribution in [-0.2, 0) is 4.79 Å². The van der Waals surface area contributed by atoms with Crippen molar-refractivity contribution in [2.75, 3.05) is 13.2 Å². The summed E-state index contributed by atoms with van der Waals surface area (Å²) in [5.74, 6) is 1.24. The first-order valence-corrected chi connectivity index (χ1v) is 5.37. The second-order valence-electron chi connectivity index (χ2n) is 3.63. The fourth-order valence-corrected chi connectivity index (χ4v) is 1.47. The van der Waals surface area contributed by atoms with E-state index >= 15 is 0 Å². The van der Waals surface area contributed by atoms with Crippen LogP contribution in [0.3, 0.4) is 0 Å². The molecule has 3 heteroatoms. The van der Waals surface area contributed by atoms with Gasteiger partial charge in [0.25, 0.3) is 0 Å². The Hall–Kier alpha value is -1.77. The lowest BCUT2D eigenvalue weighted by Crippen LogP contribution is -2.15. The molecule has 1 aliphatic heterocycles. The van der Waals surface area contributed by atoms with Crippen LogP contribution in [0, 0.1) is 0 Å². The largest absolute Gasteiger partial charge is 0.482 e. The average Bonchev–Trinajstić information content (AvgIpc) is 2.49. The van der Waals surface area contributed by atoms with Crippen molar-refractivity contribution >= 4 is 11.9 Å². The molecule has 0 fully saturated rings. The summed E-state index contributed by atoms with van der Waals surface area (Å²) in [5.41, 5.74) is 1.05. The quantitative estimate of drug-likeness (QED) is 0.764. The number of ether oxygens (including phenoxy) is 2. The van der Waals surface area contributed by atoms with Crippen LogP contribution in [0.4, 0.5) is 0 Å². The summed E-state index contributed by atoms with van der Waals surface area (Å²) >= 11 is 0. The molecule has 0 bridgehead atoms. The van der Waals surface area contributed by atoms with Gasteiger partial charge in [-0.2, -0.15) is 0 Å². The van der Waals surface area contributed by atoms with Gasteiger partial charge in [-0.3, -0.25) is 4.79 Å². The Labute approximate surface area is 94.7 Å². The van der Waals surface area contributed by atoms with E-state index in [1.54, 1.807) is 0 Å². The fraction of sp³-hybridized carbons (Fsp3) is 0.308. The number of allylic oxidation sites excluding steroid dienone is 1. The Balaban J connectivity index is 2.24. The molecule has 0 saturated carbocycles. The van der Waals surface area contributed by atoms with Gasteiger partial charge in [-0.1, -0.05) is 25.1 Å². The molecule has 84 valence electrons. The topological polar surface area (TPSA) is 35.5 Å². The molecule has 0 N–H and O–H groups in total. The monoisotopic (exact) mass is 218 g/mol. The van der Waals surface area contributed by atoms with Crippen LogP contribution in [-0.4, -0.2) is 19.0 Å². The maximum atomic E-state index is 11.1. The van der Waals surface area contributed by atoms with E-state index in [4.69, 9.17) is 9.47 Å². The number of rotatable bonds is 2. The normalized spacial score (nSPS) is 15.2. The minimum Gasteiger partial charge on any atom is -0.482 e. The van der Waals surface area contributed by atoms with Gasteiger partial charge in [0, 0.05) is 0 Å². The zero-order chi connectivity index (χ0) is 11.4. The van der Waals surface area contributed by atoms with E-state index in [1.807, 2.05) is 24.3 Å². The SMILES string of the molecule is CC/C=C/c1ccc2c(c1)OCC(=O)CO2. The maximum absolute atomic E-state index is 11.1. The Morgan fingerprint density at radius 2 is 2.00 bits per heavy atom. The number of hydrogen-bond donors (Lipinski definition) is 0. The lowest BCUT2D eigenvalue weighted by atomic mass is 10.2. The number of hydrogen-bond acceptors (Lipinski definition) is 3. The fourth-order valence-electron chi connectivity index (χ4n) is 1.47. The summed E-state index contributed by atoms with van der Waals surface area (Å²) in [7, 11) is 0. The zero-order valence-electron chi connectivity index (χ0n) is 9.23. The molecule has 2 rings (SSSR count). The summed E-state index contributed by atoms with van der Waals surface area (Å²) in [6.45, 7) is 2.27. The minimum atomic E-state index is -0.0400. The molecule has 0 unspecified atom stereocenters. The maximum Gasteiger partial charge on any atom is 0.207 e. The van der Waals surface area contributed by atoms with Crippen molar-refractivity contribution in [3.63, 3.8) is 0 Å². The standard InChI is InChI=1S/C13H14O3/c1-2-3-4-10-5-6-12-13(7-10)16-9-11(14)8-15-12/h3-7H,2,8-9H2,1H3/b4-3+. The van der Waals surface area contributed by atoms with Gasteiger partial charge in [0.15, 0.2) is 24.7 Å². The van der Waals surface area contributed by atoms with Gasteiger partial charge < -0.3 is 9.47 Å². The van der Waals surface area contributed by atoms with Crippen molar-refractivity contribution in [1.29, 1.82) is 0 Å². The van der Waals surface area contributed by atoms with Crippen molar-refractivity contribution in [2.24, 2.45) is 0 Å². The van der Waals surface area contributed by atoms with E-state index in [-0.39, 0.29) is 19.0 Å². The molecule has 0 radical (unpaired) electrons. The second-order valence-corrected chi connectivity index (χ2v) is 3.63. The average molecular weight is 218 g/mol. The molecule has 0 aromatic heterocycles. The molecule has 0 atom stereocenters. The van der Waals surface area contributed by atoms with Gasteiger partial charge >= 0.3 is 0 Å². The van der Waals surface area contributed by atoms with E-state index in [9.17, 15) is 4.79 Å². The number of benzene rings is 1. The van der Waals surface area contributed by atoms with Gasteiger partial charge in [0.2, 0.25) is 5.78 Å². The highest BCUT2D eigenvalue weighted by Crippen LogP contribution is 2.30. The van der Waals surface area contributed by atoms with Gasteiger partial charge in [-0.25, -0.2) is 0 Å². The van der Waals surface area contributed by atoms with Gasteiger partial charge in [0.05, 0.1) is 0 Å². The summed E-state index contributed by atoms with van der Waals surface area (Å²) < 4.78 is 10.7. The first kappa shape index (κ1) is 10.7. The van der Waals surface area contributed by atoms with E-state index in [0.29, 0.717) is 11.5 Å². The van der Waals surface area contributed by atoms with E-state index in [0.717, 1.165) is 12.0 Å². The molecule has 0 aliphatic carbocycles. The first-order valence-electron chi connectivity index (χ1n) is 5.37. The van der Waals surface area contributed by atoms with Crippen LogP contribution in [0.5, 0.6) is 11.5 Å². The zero-order valence-corrected chi connectivity index (χ0v) is 9.23. The van der Waals surface area contributed by atoms with Crippen LogP contribution in [0.1, 0.15) is 18.9 Å². The second kappa shape index (κ2) is 4.84. The lowest BCUT2D eigenvalue weighted by Gasteiger charge is -2.06. The molecule has 1 aliphatic rings. The molecule has 1 aromatic carbocycles. The Morgan fingerprint density at radius 3 is 2.75 bits per heavy atom. The Kier molecular flexibility index (Phi) is 3.25. The van der Waals surface area contributed by atoms with Gasteiger partial charge in [-0.15, -0.1) is 0 Å². The molecule has 0 amide bonds. The first-order chi connectivity index (χ1) is 7.79. The third-order valence-corrected chi connectivity index (χ3v) is 2.29. The summed E-state index contributed by atoms with van der Waals surface area (Å²) in [6, 6.07) is 5.67. The summed E-state index contributed by atoms with van der Waals surface area (Å²) in [4.78, 5) is 11.1. The van der Waals surface area contributed by atoms with Crippen molar-refractivity contribution in [1.82, 2.24) is 0 Å². The number of carbonyl (C=O) groups is 1. The third kappa shape index (κ3) is 2.42. The molecule has 3 nitrogen and oxygen atoms in total. The van der Waals surface area contributed by atoms with Crippen LogP contribution < -0.4 is 9.47 Å². The smallest absolute Gasteiger partial charge is 0.207 e. The highest BCUT2D eigenvalue weighted by molar-refractivity contribution is 5.82. The van der Waals surface area contributed by atoms with E-state index in [1.165, 1.54) is 0 Å². The van der Waals surface area contributed by atoms with Crippen LogP contribution >= 0.6 is 0 Å². The molecule has 0 saturated heterocycles. The predicted molar refractivity (Wildman–Crippen MR) is 61.8 cm³/mol. The van der Waals surface area contributed by atoms with Crippen LogP contribution in [0.2, 0.25) is 0 Å². The minimum absolute atomic E-state index is 0.0400. The van der Waals surface area contributed by atoms with Crippen molar-refractivity contribution < 1.29 is 14.3 Å². The lowest BCUT2D eigenvalue weighted by molar-refractivity contribution is -0.122. The molecular formula is C13H14O3. The molecule has 1 heterocycles. The van der Waals surface area contributed by atoms with E-state index < -0.39 is 0 Å². The summed E-state index contributed by atoms with van der Waals surface area (Å²) in [6.07, 6.45) is 5.09. The van der Waals surface area contributed by atoms with Crippen LogP contribution in [0.15, 0.2) is 24.3 Å². The number of fused-ring (bicyclic) bond motifs is 1. The summed E-state index contributed by atoms with van der Waals surface area (Å²) in [5, 5.41) is 0. The van der Waals surface area contributed by atoms with Crippen molar-refractivity contribution in [3.05, 3.63) is 29.8 Å². The Bertz CT molecular complexity index is 421. The van der Waals surface area contributed by atoms with Crippen LogP contribution in [0.25, 0.3) is 6.08 Å². The Morgan fingerprint density at radius 1 is 1.25 bits per heavy atom. The molecule has 0 spiro atoms. The predicted octanol–water partition coefficient (Wildman–Crippen LogP) is 2.45. The van der Waals surface area contributed by atoms with Crippen molar-refractivity contribution in [3.8, 4) is 11.5 Å². The third-order valence-electron chi connectivity index (χ3n) is 2.29. The number of Topliss-reactive ketones (excluding diaryl/α,β-unsaturated/α-hetero) is 1. The number of carbonyl (C=O) groups excluding carboxylic acids is 1. The molecular weight excluding hydrogens is 204 g/mol. The molecule has 1 aromatic rings. The highest BCUT2D eigenvalue weighted by atomic mass is 16.5. The highest BCUT2D eigenvalue weighted by Gasteiger charge is 2.14. The van der Waals surface area contributed by atoms with Crippen molar-refractivity contribution in [2.45, 2.75) is 13.3 Å².